The smallest absolute Gasteiger partial charge is 0.265 e. The maximum atomic E-state index is 12.3. The molecule has 1 N–H and O–H groups in total. The lowest BCUT2D eigenvalue weighted by Crippen LogP contribution is -2.46. The van der Waals surface area contributed by atoms with Gasteiger partial charge in [0.2, 0.25) is 0 Å². The standard InChI is InChI=1S/C15H17N3OS/c19-15(18-8-6-16-7-9-18)13-11-17-14(20-13)10-12-4-2-1-3-5-12/h1-5,11,16H,6-10H2. The summed E-state index contributed by atoms with van der Waals surface area (Å²) in [5.74, 6) is 0.114. The summed E-state index contributed by atoms with van der Waals surface area (Å²) in [6.45, 7) is 3.32. The number of rotatable bonds is 3. The number of hydrogen-bond acceptors (Lipinski definition) is 4. The third-order valence-electron chi connectivity index (χ3n) is 3.37. The Kier molecular flexibility index (Phi) is 4.08. The lowest BCUT2D eigenvalue weighted by Gasteiger charge is -2.26. The second-order valence-electron chi connectivity index (χ2n) is 4.82. The minimum Gasteiger partial charge on any atom is -0.335 e. The van der Waals surface area contributed by atoms with E-state index in [0.29, 0.717) is 0 Å². The molecule has 20 heavy (non-hydrogen) atoms. The highest BCUT2D eigenvalue weighted by Crippen LogP contribution is 2.18. The highest BCUT2D eigenvalue weighted by atomic mass is 32.1. The van der Waals surface area contributed by atoms with Crippen LogP contribution in [0.2, 0.25) is 0 Å². The highest BCUT2D eigenvalue weighted by Gasteiger charge is 2.20. The number of carbonyl (C=O) groups is 1. The number of nitrogens with one attached hydrogen (secondary N) is 1. The van der Waals surface area contributed by atoms with Crippen LogP contribution < -0.4 is 5.32 Å². The molecule has 1 aromatic heterocycles. The van der Waals surface area contributed by atoms with E-state index >= 15 is 0 Å². The lowest BCUT2D eigenvalue weighted by atomic mass is 10.2. The van der Waals surface area contributed by atoms with Crippen molar-refractivity contribution in [2.45, 2.75) is 6.42 Å². The van der Waals surface area contributed by atoms with Crippen molar-refractivity contribution in [1.82, 2.24) is 15.2 Å². The molecule has 4 nitrogen and oxygen atoms in total. The molecular weight excluding hydrogens is 270 g/mol. The van der Waals surface area contributed by atoms with E-state index in [4.69, 9.17) is 0 Å². The first-order valence-corrected chi connectivity index (χ1v) is 7.63. The van der Waals surface area contributed by atoms with Gasteiger partial charge in [-0.1, -0.05) is 30.3 Å². The van der Waals surface area contributed by atoms with Gasteiger partial charge in [-0.15, -0.1) is 11.3 Å². The maximum absolute atomic E-state index is 12.3. The molecule has 0 saturated carbocycles. The molecular formula is C15H17N3OS. The first-order valence-electron chi connectivity index (χ1n) is 6.81. The van der Waals surface area contributed by atoms with Crippen molar-refractivity contribution in [1.29, 1.82) is 0 Å². The molecule has 5 heteroatoms. The van der Waals surface area contributed by atoms with E-state index < -0.39 is 0 Å². The quantitative estimate of drug-likeness (QED) is 0.936. The number of thiazole rings is 1. The topological polar surface area (TPSA) is 45.2 Å². The van der Waals surface area contributed by atoms with E-state index in [2.05, 4.69) is 22.4 Å². The van der Waals surface area contributed by atoms with E-state index in [1.54, 1.807) is 6.20 Å². The van der Waals surface area contributed by atoms with Gasteiger partial charge in [0.05, 0.1) is 11.2 Å². The minimum atomic E-state index is 0.114. The van der Waals surface area contributed by atoms with Crippen LogP contribution in [-0.2, 0) is 6.42 Å². The first kappa shape index (κ1) is 13.3. The Morgan fingerprint density at radius 1 is 1.25 bits per heavy atom. The van der Waals surface area contributed by atoms with Crippen LogP contribution in [0.1, 0.15) is 20.2 Å². The Bertz CT molecular complexity index is 576. The third kappa shape index (κ3) is 3.05. The zero-order valence-electron chi connectivity index (χ0n) is 11.2. The normalized spacial score (nSPS) is 15.3. The summed E-state index contributed by atoms with van der Waals surface area (Å²) in [6.07, 6.45) is 2.51. The summed E-state index contributed by atoms with van der Waals surface area (Å²) in [5, 5.41) is 4.25. The largest absolute Gasteiger partial charge is 0.335 e. The van der Waals surface area contributed by atoms with Gasteiger partial charge >= 0.3 is 0 Å². The fourth-order valence-corrected chi connectivity index (χ4v) is 3.21. The average Bonchev–Trinajstić information content (AvgIpc) is 2.97. The van der Waals surface area contributed by atoms with Crippen LogP contribution >= 0.6 is 11.3 Å². The molecule has 2 aromatic rings. The number of benzene rings is 1. The second-order valence-corrected chi connectivity index (χ2v) is 5.94. The SMILES string of the molecule is O=C(c1cnc(Cc2ccccc2)s1)N1CCNCC1. The number of carbonyl (C=O) groups excluding carboxylic acids is 1. The summed E-state index contributed by atoms with van der Waals surface area (Å²) >= 11 is 1.51. The van der Waals surface area contributed by atoms with Crippen molar-refractivity contribution in [3.8, 4) is 0 Å². The van der Waals surface area contributed by atoms with Gasteiger partial charge in [-0.25, -0.2) is 4.98 Å². The van der Waals surface area contributed by atoms with Crippen LogP contribution in [0.4, 0.5) is 0 Å². The number of amides is 1. The van der Waals surface area contributed by atoms with Gasteiger partial charge in [-0.3, -0.25) is 4.79 Å². The molecule has 1 aliphatic rings. The molecule has 3 rings (SSSR count). The summed E-state index contributed by atoms with van der Waals surface area (Å²) in [6, 6.07) is 10.2. The van der Waals surface area contributed by atoms with Crippen LogP contribution in [0.15, 0.2) is 36.5 Å². The second kappa shape index (κ2) is 6.15. The predicted molar refractivity (Wildman–Crippen MR) is 80.1 cm³/mol. The van der Waals surface area contributed by atoms with Gasteiger partial charge in [0, 0.05) is 32.6 Å². The minimum absolute atomic E-state index is 0.114. The Morgan fingerprint density at radius 3 is 2.75 bits per heavy atom. The fraction of sp³-hybridized carbons (Fsp3) is 0.333. The van der Waals surface area contributed by atoms with Crippen molar-refractivity contribution >= 4 is 17.2 Å². The fourth-order valence-electron chi connectivity index (χ4n) is 2.29. The van der Waals surface area contributed by atoms with Crippen LogP contribution in [0.3, 0.4) is 0 Å². The number of piperazine rings is 1. The summed E-state index contributed by atoms with van der Waals surface area (Å²) < 4.78 is 0. The predicted octanol–water partition coefficient (Wildman–Crippen LogP) is 1.78. The molecule has 1 aliphatic heterocycles. The highest BCUT2D eigenvalue weighted by molar-refractivity contribution is 7.13. The van der Waals surface area contributed by atoms with E-state index in [1.165, 1.54) is 16.9 Å². The van der Waals surface area contributed by atoms with E-state index in [9.17, 15) is 4.79 Å². The molecule has 0 bridgehead atoms. The Labute approximate surface area is 122 Å². The third-order valence-corrected chi connectivity index (χ3v) is 4.35. The van der Waals surface area contributed by atoms with Gasteiger partial charge < -0.3 is 10.2 Å². The van der Waals surface area contributed by atoms with Crippen LogP contribution in [0, 0.1) is 0 Å². The molecule has 1 aromatic carbocycles. The van der Waals surface area contributed by atoms with Crippen LogP contribution in [0.5, 0.6) is 0 Å². The van der Waals surface area contributed by atoms with E-state index in [1.807, 2.05) is 23.1 Å². The van der Waals surface area contributed by atoms with Crippen molar-refractivity contribution in [2.24, 2.45) is 0 Å². The molecule has 0 aliphatic carbocycles. The van der Waals surface area contributed by atoms with E-state index in [0.717, 1.165) is 42.5 Å². The molecule has 1 saturated heterocycles. The lowest BCUT2D eigenvalue weighted by molar-refractivity contribution is 0.0740. The molecule has 0 atom stereocenters. The zero-order valence-corrected chi connectivity index (χ0v) is 12.0. The summed E-state index contributed by atoms with van der Waals surface area (Å²) in [7, 11) is 0. The molecule has 104 valence electrons. The molecule has 1 amide bonds. The van der Waals surface area contributed by atoms with Crippen LogP contribution in [-0.4, -0.2) is 42.0 Å². The van der Waals surface area contributed by atoms with Crippen molar-refractivity contribution in [3.63, 3.8) is 0 Å². The zero-order chi connectivity index (χ0) is 13.8. The molecule has 0 radical (unpaired) electrons. The first-order chi connectivity index (χ1) is 9.83. The van der Waals surface area contributed by atoms with Crippen molar-refractivity contribution in [3.05, 3.63) is 52.0 Å². The number of aromatic nitrogens is 1. The van der Waals surface area contributed by atoms with Crippen molar-refractivity contribution < 1.29 is 4.79 Å². The number of nitrogens with zero attached hydrogens (tertiary/aromatic N) is 2. The molecule has 2 heterocycles. The Morgan fingerprint density at radius 2 is 2.00 bits per heavy atom. The van der Waals surface area contributed by atoms with Crippen LogP contribution in [0.25, 0.3) is 0 Å². The van der Waals surface area contributed by atoms with Crippen molar-refractivity contribution in [2.75, 3.05) is 26.2 Å². The summed E-state index contributed by atoms with van der Waals surface area (Å²) in [5.41, 5.74) is 1.23. The van der Waals surface area contributed by atoms with Gasteiger partial charge in [-0.05, 0) is 5.56 Å². The van der Waals surface area contributed by atoms with E-state index in [-0.39, 0.29) is 5.91 Å². The molecule has 1 fully saturated rings. The Balaban J connectivity index is 1.68. The average molecular weight is 287 g/mol. The molecule has 0 spiro atoms. The van der Waals surface area contributed by atoms with Gasteiger partial charge in [0.1, 0.15) is 4.88 Å². The van der Waals surface area contributed by atoms with Gasteiger partial charge in [0.15, 0.2) is 0 Å². The van der Waals surface area contributed by atoms with Gasteiger partial charge in [-0.2, -0.15) is 0 Å². The maximum Gasteiger partial charge on any atom is 0.265 e. The number of hydrogen-bond donors (Lipinski definition) is 1. The monoisotopic (exact) mass is 287 g/mol. The Hall–Kier alpha value is -1.72. The summed E-state index contributed by atoms with van der Waals surface area (Å²) in [4.78, 5) is 19.4. The molecule has 0 unspecified atom stereocenters. The van der Waals surface area contributed by atoms with Gasteiger partial charge in [0.25, 0.3) is 5.91 Å².